The predicted octanol–water partition coefficient (Wildman–Crippen LogP) is 0.751. The van der Waals surface area contributed by atoms with E-state index in [1.54, 1.807) is 4.90 Å². The first-order chi connectivity index (χ1) is 5.77. The van der Waals surface area contributed by atoms with E-state index in [0.29, 0.717) is 13.0 Å². The van der Waals surface area contributed by atoms with Crippen LogP contribution in [0.5, 0.6) is 0 Å². The van der Waals surface area contributed by atoms with Gasteiger partial charge >= 0.3 is 0 Å². The number of aliphatic hydroxyl groups is 1. The smallest absolute Gasteiger partial charge is 0.226 e. The van der Waals surface area contributed by atoms with Crippen LogP contribution >= 0.6 is 0 Å². The molecule has 0 saturated carbocycles. The summed E-state index contributed by atoms with van der Waals surface area (Å²) in [4.78, 5) is 12.9. The molecule has 1 aliphatic rings. The molecule has 0 aliphatic carbocycles. The van der Waals surface area contributed by atoms with E-state index in [4.69, 9.17) is 5.11 Å². The number of hydrogen-bond acceptors (Lipinski definition) is 2. The Morgan fingerprint density at radius 2 is 2.50 bits per heavy atom. The lowest BCUT2D eigenvalue weighted by molar-refractivity contribution is -0.125. The number of likely N-dealkylation sites (tertiary alicyclic amines) is 1. The molecule has 12 heavy (non-hydrogen) atoms. The number of amides is 1. The van der Waals surface area contributed by atoms with Crippen molar-refractivity contribution in [2.24, 2.45) is 5.92 Å². The second-order valence-electron chi connectivity index (χ2n) is 3.09. The summed E-state index contributed by atoms with van der Waals surface area (Å²) in [6.07, 6.45) is 5.20. The van der Waals surface area contributed by atoms with Crippen molar-refractivity contribution in [3.05, 3.63) is 12.3 Å². The highest BCUT2D eigenvalue weighted by molar-refractivity contribution is 5.79. The lowest BCUT2D eigenvalue weighted by Gasteiger charge is -2.09. The Labute approximate surface area is 72.7 Å². The fourth-order valence-electron chi connectivity index (χ4n) is 1.31. The van der Waals surface area contributed by atoms with Gasteiger partial charge in [0.05, 0.1) is 0 Å². The van der Waals surface area contributed by atoms with Crippen LogP contribution in [0, 0.1) is 5.92 Å². The van der Waals surface area contributed by atoms with E-state index in [0.717, 1.165) is 6.42 Å². The van der Waals surface area contributed by atoms with Crippen LogP contribution in [-0.4, -0.2) is 29.1 Å². The summed E-state index contributed by atoms with van der Waals surface area (Å²) < 4.78 is 0. The Morgan fingerprint density at radius 1 is 1.75 bits per heavy atom. The maximum Gasteiger partial charge on any atom is 0.226 e. The molecule has 0 aromatic rings. The minimum Gasteiger partial charge on any atom is -0.396 e. The quantitative estimate of drug-likeness (QED) is 0.677. The van der Waals surface area contributed by atoms with Crippen LogP contribution in [0.15, 0.2) is 12.3 Å². The highest BCUT2D eigenvalue weighted by Crippen LogP contribution is 2.17. The first kappa shape index (κ1) is 9.26. The SMILES string of the molecule is CCC=CN1CC(CO)CC1=O. The Balaban J connectivity index is 2.46. The molecule has 3 heteroatoms. The van der Waals surface area contributed by atoms with Gasteiger partial charge < -0.3 is 10.0 Å². The molecule has 1 fully saturated rings. The largest absolute Gasteiger partial charge is 0.396 e. The van der Waals surface area contributed by atoms with Crippen molar-refractivity contribution in [2.75, 3.05) is 13.2 Å². The highest BCUT2D eigenvalue weighted by Gasteiger charge is 2.26. The zero-order valence-electron chi connectivity index (χ0n) is 7.36. The van der Waals surface area contributed by atoms with E-state index in [1.807, 2.05) is 19.2 Å². The topological polar surface area (TPSA) is 40.5 Å². The fourth-order valence-corrected chi connectivity index (χ4v) is 1.31. The molecule has 0 radical (unpaired) electrons. The maximum absolute atomic E-state index is 11.2. The van der Waals surface area contributed by atoms with E-state index in [9.17, 15) is 4.79 Å². The molecule has 1 saturated heterocycles. The molecule has 0 spiro atoms. The Kier molecular flexibility index (Phi) is 3.29. The van der Waals surface area contributed by atoms with E-state index < -0.39 is 0 Å². The van der Waals surface area contributed by atoms with E-state index in [1.165, 1.54) is 0 Å². The fraction of sp³-hybridized carbons (Fsp3) is 0.667. The monoisotopic (exact) mass is 169 g/mol. The molecule has 1 heterocycles. The minimum absolute atomic E-state index is 0.113. The van der Waals surface area contributed by atoms with Crippen molar-refractivity contribution in [3.8, 4) is 0 Å². The van der Waals surface area contributed by atoms with E-state index in [2.05, 4.69) is 0 Å². The Morgan fingerprint density at radius 3 is 3.00 bits per heavy atom. The van der Waals surface area contributed by atoms with Gasteiger partial charge in [-0.3, -0.25) is 4.79 Å². The summed E-state index contributed by atoms with van der Waals surface area (Å²) >= 11 is 0. The highest BCUT2D eigenvalue weighted by atomic mass is 16.3. The van der Waals surface area contributed by atoms with Crippen LogP contribution < -0.4 is 0 Å². The van der Waals surface area contributed by atoms with Gasteiger partial charge in [-0.2, -0.15) is 0 Å². The molecule has 0 bridgehead atoms. The third kappa shape index (κ3) is 2.08. The molecule has 1 aliphatic heterocycles. The molecule has 3 nitrogen and oxygen atoms in total. The van der Waals surface area contributed by atoms with Crippen molar-refractivity contribution >= 4 is 5.91 Å². The van der Waals surface area contributed by atoms with Gasteiger partial charge in [0.15, 0.2) is 0 Å². The second kappa shape index (κ2) is 4.26. The van der Waals surface area contributed by atoms with Gasteiger partial charge in [0.2, 0.25) is 5.91 Å². The number of aliphatic hydroxyl groups excluding tert-OH is 1. The van der Waals surface area contributed by atoms with Crippen LogP contribution in [0.1, 0.15) is 19.8 Å². The number of nitrogens with zero attached hydrogens (tertiary/aromatic N) is 1. The number of carbonyl (C=O) groups excluding carboxylic acids is 1. The average Bonchev–Trinajstić information content (AvgIpc) is 2.43. The molecular formula is C9H15NO2. The predicted molar refractivity (Wildman–Crippen MR) is 46.3 cm³/mol. The Bertz CT molecular complexity index is 189. The van der Waals surface area contributed by atoms with Gasteiger partial charge in [-0.25, -0.2) is 0 Å². The summed E-state index contributed by atoms with van der Waals surface area (Å²) in [6, 6.07) is 0. The van der Waals surface area contributed by atoms with Crippen molar-refractivity contribution in [2.45, 2.75) is 19.8 Å². The summed E-state index contributed by atoms with van der Waals surface area (Å²) in [5.41, 5.74) is 0. The van der Waals surface area contributed by atoms with Gasteiger partial charge in [-0.15, -0.1) is 0 Å². The van der Waals surface area contributed by atoms with Crippen molar-refractivity contribution in [1.82, 2.24) is 4.90 Å². The normalized spacial score (nSPS) is 24.3. The van der Waals surface area contributed by atoms with Crippen molar-refractivity contribution in [1.29, 1.82) is 0 Å². The van der Waals surface area contributed by atoms with Crippen molar-refractivity contribution in [3.63, 3.8) is 0 Å². The van der Waals surface area contributed by atoms with E-state index in [-0.39, 0.29) is 18.4 Å². The molecule has 0 aromatic heterocycles. The van der Waals surface area contributed by atoms with Gasteiger partial charge in [0, 0.05) is 31.7 Å². The first-order valence-electron chi connectivity index (χ1n) is 4.35. The molecule has 1 atom stereocenters. The zero-order chi connectivity index (χ0) is 8.97. The molecule has 1 rings (SSSR count). The summed E-state index contributed by atoms with van der Waals surface area (Å²) in [7, 11) is 0. The standard InChI is InChI=1S/C9H15NO2/c1-2-3-4-10-6-8(7-11)5-9(10)12/h3-4,8,11H,2,5-7H2,1H3. The van der Waals surface area contributed by atoms with Gasteiger partial charge in [0.1, 0.15) is 0 Å². The third-order valence-corrected chi connectivity index (χ3v) is 2.02. The molecule has 1 amide bonds. The number of rotatable bonds is 3. The van der Waals surface area contributed by atoms with E-state index >= 15 is 0 Å². The van der Waals surface area contributed by atoms with Gasteiger partial charge in [0.25, 0.3) is 0 Å². The van der Waals surface area contributed by atoms with Crippen LogP contribution in [0.4, 0.5) is 0 Å². The van der Waals surface area contributed by atoms with Crippen LogP contribution in [-0.2, 0) is 4.79 Å². The average molecular weight is 169 g/mol. The number of hydrogen-bond donors (Lipinski definition) is 1. The van der Waals surface area contributed by atoms with Gasteiger partial charge in [-0.1, -0.05) is 13.0 Å². The second-order valence-corrected chi connectivity index (χ2v) is 3.09. The lowest BCUT2D eigenvalue weighted by Crippen LogP contribution is -2.18. The third-order valence-electron chi connectivity index (χ3n) is 2.02. The van der Waals surface area contributed by atoms with Crippen LogP contribution in [0.3, 0.4) is 0 Å². The summed E-state index contributed by atoms with van der Waals surface area (Å²) in [6.45, 7) is 2.81. The molecular weight excluding hydrogens is 154 g/mol. The Hall–Kier alpha value is -0.830. The lowest BCUT2D eigenvalue weighted by atomic mass is 10.1. The summed E-state index contributed by atoms with van der Waals surface area (Å²) in [5.74, 6) is 0.262. The molecule has 0 aromatic carbocycles. The number of allylic oxidation sites excluding steroid dienone is 1. The van der Waals surface area contributed by atoms with Crippen molar-refractivity contribution < 1.29 is 9.90 Å². The molecule has 68 valence electrons. The maximum atomic E-state index is 11.2. The minimum atomic E-state index is 0.113. The van der Waals surface area contributed by atoms with Crippen LogP contribution in [0.2, 0.25) is 0 Å². The van der Waals surface area contributed by atoms with Gasteiger partial charge in [-0.05, 0) is 6.42 Å². The first-order valence-corrected chi connectivity index (χ1v) is 4.35. The van der Waals surface area contributed by atoms with Crippen LogP contribution in [0.25, 0.3) is 0 Å². The number of carbonyl (C=O) groups is 1. The zero-order valence-corrected chi connectivity index (χ0v) is 7.36. The summed E-state index contributed by atoms with van der Waals surface area (Å²) in [5, 5.41) is 8.82. The molecule has 1 N–H and O–H groups in total. The molecule has 1 unspecified atom stereocenters.